The van der Waals surface area contributed by atoms with Gasteiger partial charge in [-0.15, -0.1) is 5.98 Å². The van der Waals surface area contributed by atoms with Gasteiger partial charge in [0, 0.05) is 12.4 Å². The zero-order valence-corrected chi connectivity index (χ0v) is 25.9. The summed E-state index contributed by atoms with van der Waals surface area (Å²) < 4.78 is 7.91. The summed E-state index contributed by atoms with van der Waals surface area (Å²) in [6.07, 6.45) is 5.90. The summed E-state index contributed by atoms with van der Waals surface area (Å²) in [5.41, 5.74) is 5.94. The average Bonchev–Trinajstić information content (AvgIpc) is 3.63. The van der Waals surface area contributed by atoms with Crippen LogP contribution in [0.3, 0.4) is 0 Å². The van der Waals surface area contributed by atoms with Gasteiger partial charge in [-0.2, -0.15) is 0 Å². The van der Waals surface area contributed by atoms with E-state index >= 15 is 0 Å². The van der Waals surface area contributed by atoms with E-state index in [0.717, 1.165) is 22.4 Å². The quantitative estimate of drug-likeness (QED) is 0.178. The molecule has 0 N–H and O–H groups in total. The molecule has 0 fully saturated rings. The molecule has 5 aromatic carbocycles. The van der Waals surface area contributed by atoms with Gasteiger partial charge in [0.1, 0.15) is 13.6 Å². The van der Waals surface area contributed by atoms with Crippen molar-refractivity contribution >= 4 is 28.1 Å². The number of hydrogen-bond donors (Lipinski definition) is 0. The van der Waals surface area contributed by atoms with E-state index in [9.17, 15) is 0 Å². The first-order chi connectivity index (χ1) is 21.2. The van der Waals surface area contributed by atoms with Gasteiger partial charge in [-0.25, -0.2) is 4.98 Å². The van der Waals surface area contributed by atoms with Gasteiger partial charge in [0.05, 0.1) is 27.6 Å². The highest BCUT2D eigenvalue weighted by molar-refractivity contribution is 6.57. The summed E-state index contributed by atoms with van der Waals surface area (Å²) in [6, 6.07) is 50.5. The van der Waals surface area contributed by atoms with Crippen LogP contribution in [0.25, 0.3) is 5.57 Å². The summed E-state index contributed by atoms with van der Waals surface area (Å²) in [7, 11) is 4.84. The van der Waals surface area contributed by atoms with Crippen molar-refractivity contribution in [2.45, 2.75) is 12.1 Å². The molecule has 0 atom stereocenters. The molecule has 1 aromatic heterocycles. The van der Waals surface area contributed by atoms with Crippen LogP contribution in [0.15, 0.2) is 170 Å². The van der Waals surface area contributed by atoms with E-state index in [2.05, 4.69) is 125 Å². The largest absolute Gasteiger partial charge is 0.494 e. The maximum atomic E-state index is 5.67. The van der Waals surface area contributed by atoms with Crippen LogP contribution in [-0.4, -0.2) is 33.5 Å². The van der Waals surface area contributed by atoms with Crippen molar-refractivity contribution in [3.05, 3.63) is 193 Å². The smallest absolute Gasteiger partial charge is 0.119 e. The number of ether oxygens (including phenoxy) is 1. The molecule has 210 valence electrons. The summed E-state index contributed by atoms with van der Waals surface area (Å²) >= 11 is 0. The molecule has 0 aliphatic heterocycles. The second kappa shape index (κ2) is 14.9. The molecule has 0 amide bonds. The molecule has 0 saturated carbocycles. The van der Waals surface area contributed by atoms with Gasteiger partial charge in [-0.1, -0.05) is 139 Å². The van der Waals surface area contributed by atoms with Crippen molar-refractivity contribution in [2.75, 3.05) is 6.61 Å². The second-order valence-corrected chi connectivity index (χ2v) is 12.3. The minimum atomic E-state index is -0.832. The van der Waals surface area contributed by atoms with Crippen LogP contribution in [-0.2, 0) is 5.16 Å². The van der Waals surface area contributed by atoms with E-state index < -0.39 is 9.52 Å². The Labute approximate surface area is 258 Å². The fraction of sp³-hybridized carbons (Fsp3) is 0.0789. The fourth-order valence-corrected chi connectivity index (χ4v) is 7.74. The summed E-state index contributed by atoms with van der Waals surface area (Å²) in [5, 5.41) is 1.14. The van der Waals surface area contributed by atoms with Gasteiger partial charge in [-0.05, 0) is 46.9 Å². The number of aromatic nitrogens is 2. The van der Waals surface area contributed by atoms with Crippen molar-refractivity contribution in [3.63, 3.8) is 0 Å². The number of rotatable bonds is 9. The molecule has 0 spiro atoms. The number of nitrogens with zero attached hydrogens (tertiary/aromatic N) is 2. The molecule has 3 nitrogen and oxygen atoms in total. The first-order valence-corrected chi connectivity index (χ1v) is 16.0. The van der Waals surface area contributed by atoms with Crippen LogP contribution in [0.5, 0.6) is 5.75 Å². The van der Waals surface area contributed by atoms with E-state index in [4.69, 9.17) is 12.6 Å². The molecule has 0 bridgehead atoms. The molecule has 0 unspecified atom stereocenters. The van der Waals surface area contributed by atoms with E-state index in [1.165, 1.54) is 16.3 Å². The van der Waals surface area contributed by atoms with Crippen molar-refractivity contribution in [2.24, 2.45) is 0 Å². The minimum absolute atomic E-state index is 0.244. The van der Waals surface area contributed by atoms with Gasteiger partial charge in [0.15, 0.2) is 0 Å². The third kappa shape index (κ3) is 7.14. The molecule has 1 heterocycles. The van der Waals surface area contributed by atoms with E-state index in [1.54, 1.807) is 5.98 Å². The van der Waals surface area contributed by atoms with Crippen molar-refractivity contribution in [1.82, 2.24) is 9.55 Å². The van der Waals surface area contributed by atoms with Gasteiger partial charge in [0.25, 0.3) is 0 Å². The molecule has 5 heteroatoms. The Morgan fingerprint density at radius 3 is 1.63 bits per heavy atom. The second-order valence-electron chi connectivity index (χ2n) is 10.1. The third-order valence-corrected chi connectivity index (χ3v) is 10.1. The predicted molar refractivity (Wildman–Crippen MR) is 183 cm³/mol. The number of benzene rings is 5. The Kier molecular flexibility index (Phi) is 10.2. The normalized spacial score (nSPS) is 11.0. The molecule has 0 aliphatic carbocycles. The first kappa shape index (κ1) is 29.6. The highest BCUT2D eigenvalue weighted by Gasteiger charge is 2.36. The summed E-state index contributed by atoms with van der Waals surface area (Å²) in [4.78, 5) is 4.38. The Bertz CT molecular complexity index is 1590. The van der Waals surface area contributed by atoms with Crippen molar-refractivity contribution < 1.29 is 4.74 Å². The average molecular weight is 575 g/mol. The van der Waals surface area contributed by atoms with E-state index in [0.29, 0.717) is 6.61 Å². The predicted octanol–water partition coefficient (Wildman–Crippen LogP) is 6.77. The maximum Gasteiger partial charge on any atom is 0.119 e. The van der Waals surface area contributed by atoms with Crippen LogP contribution in [0, 0.1) is 0 Å². The number of hydrogen-bond acceptors (Lipinski definition) is 2. The standard InChI is InChI=1S/C24H24N2OSi.C14H11B/c1-2-27-22-13-15-23(16-14-22)28-24(26-18-17-25-19-26,20-9-5-3-6-10-20)21-11-7-4-8-12-21;15-11-14(12-7-3-1-4-8-12)13-9-5-2-6-10-13/h3-19H,2,28H2,1H3;1-11H. The molecular formula is C38H35BN2OSi. The van der Waals surface area contributed by atoms with Gasteiger partial charge in [-0.3, -0.25) is 0 Å². The molecule has 0 saturated heterocycles. The molecule has 6 rings (SSSR count). The highest BCUT2D eigenvalue weighted by Crippen LogP contribution is 2.33. The van der Waals surface area contributed by atoms with Gasteiger partial charge >= 0.3 is 0 Å². The molecule has 43 heavy (non-hydrogen) atoms. The lowest BCUT2D eigenvalue weighted by Crippen LogP contribution is -2.46. The summed E-state index contributed by atoms with van der Waals surface area (Å²) in [5.74, 6) is 2.58. The number of imidazole rings is 1. The zero-order valence-electron chi connectivity index (χ0n) is 24.5. The van der Waals surface area contributed by atoms with Crippen LogP contribution in [0.4, 0.5) is 0 Å². The lowest BCUT2D eigenvalue weighted by Gasteiger charge is -2.37. The highest BCUT2D eigenvalue weighted by atomic mass is 28.2. The lowest BCUT2D eigenvalue weighted by molar-refractivity contribution is 0.340. The first-order valence-electron chi connectivity index (χ1n) is 14.6. The molecular weight excluding hydrogens is 539 g/mol. The molecule has 0 aliphatic rings. The van der Waals surface area contributed by atoms with E-state index in [-0.39, 0.29) is 5.16 Å². The van der Waals surface area contributed by atoms with Gasteiger partial charge in [0.2, 0.25) is 0 Å². The lowest BCUT2D eigenvalue weighted by atomic mass is 9.92. The van der Waals surface area contributed by atoms with Crippen molar-refractivity contribution in [1.29, 1.82) is 0 Å². The molecule has 6 aromatic rings. The van der Waals surface area contributed by atoms with Crippen LogP contribution >= 0.6 is 0 Å². The Balaban J connectivity index is 0.000000207. The Hall–Kier alpha value is -4.87. The Morgan fingerprint density at radius 1 is 0.721 bits per heavy atom. The third-order valence-electron chi connectivity index (χ3n) is 7.48. The zero-order chi connectivity index (χ0) is 29.7. The topological polar surface area (TPSA) is 27.1 Å². The molecule has 2 radical (unpaired) electrons. The van der Waals surface area contributed by atoms with E-state index in [1.807, 2.05) is 55.8 Å². The fourth-order valence-electron chi connectivity index (χ4n) is 5.43. The SMILES string of the molecule is CCOc1ccc([SiH2]C(c2ccccc2)(c2ccccc2)n2ccnc2)cc1.[B]C=C(c1ccccc1)c1ccccc1. The van der Waals surface area contributed by atoms with Crippen LogP contribution in [0.1, 0.15) is 29.2 Å². The van der Waals surface area contributed by atoms with Crippen LogP contribution < -0.4 is 9.92 Å². The summed E-state index contributed by atoms with van der Waals surface area (Å²) in [6.45, 7) is 2.70. The Morgan fingerprint density at radius 2 is 1.21 bits per heavy atom. The monoisotopic (exact) mass is 574 g/mol. The maximum absolute atomic E-state index is 5.67. The van der Waals surface area contributed by atoms with Gasteiger partial charge < -0.3 is 9.30 Å². The van der Waals surface area contributed by atoms with Crippen molar-refractivity contribution in [3.8, 4) is 5.75 Å². The van der Waals surface area contributed by atoms with Crippen LogP contribution in [0.2, 0.25) is 0 Å². The minimum Gasteiger partial charge on any atom is -0.494 e.